The van der Waals surface area contributed by atoms with Gasteiger partial charge in [0.05, 0.1) is 11.9 Å². The molecule has 2 N–H and O–H groups in total. The molecule has 0 aliphatic rings. The molecule has 0 radical (unpaired) electrons. The van der Waals surface area contributed by atoms with E-state index in [-0.39, 0.29) is 12.0 Å². The van der Waals surface area contributed by atoms with E-state index in [1.54, 1.807) is 0 Å². The molecule has 2 unspecified atom stereocenters. The van der Waals surface area contributed by atoms with Crippen LogP contribution in [-0.4, -0.2) is 5.84 Å². The van der Waals surface area contributed by atoms with Gasteiger partial charge in [0, 0.05) is 11.5 Å². The zero-order valence-corrected chi connectivity index (χ0v) is 19.1. The van der Waals surface area contributed by atoms with Gasteiger partial charge in [-0.1, -0.05) is 58.7 Å². The molecule has 2 atom stereocenters. The largest absolute Gasteiger partial charge is 0.367 e. The Morgan fingerprint density at radius 3 is 2.31 bits per heavy atom. The van der Waals surface area contributed by atoms with E-state index in [9.17, 15) is 0 Å². The standard InChI is InChI=1S/C27H36N2/c1-8-11-21-13-15-23(19(6)9-2)25(16-21)24-17-22(14-12-20(24)7)26(10-3)29-27(28)18(4)5/h12-19,26H,9-10H2,1-7H3,(H2,28,29). The molecular formula is C27H36N2. The van der Waals surface area contributed by atoms with Crippen molar-refractivity contribution in [1.29, 1.82) is 5.41 Å². The molecule has 0 amide bonds. The lowest BCUT2D eigenvalue weighted by Gasteiger charge is -2.23. The summed E-state index contributed by atoms with van der Waals surface area (Å²) in [6.07, 6.45) is 2.05. The zero-order valence-electron chi connectivity index (χ0n) is 19.1. The molecule has 2 aromatic rings. The smallest absolute Gasteiger partial charge is 0.0962 e. The molecule has 2 heteroatoms. The van der Waals surface area contributed by atoms with Gasteiger partial charge in [0.1, 0.15) is 0 Å². The molecule has 0 saturated carbocycles. The SMILES string of the molecule is CC#Cc1ccc(C(C)CC)c(-c2cc(C(CC)NC(=N)C(C)C)ccc2C)c1. The fourth-order valence-corrected chi connectivity index (χ4v) is 3.58. The molecule has 0 fully saturated rings. The Labute approximate surface area is 177 Å². The number of benzene rings is 2. The number of rotatable bonds is 7. The van der Waals surface area contributed by atoms with Gasteiger partial charge < -0.3 is 5.32 Å². The highest BCUT2D eigenvalue weighted by molar-refractivity contribution is 5.81. The van der Waals surface area contributed by atoms with Crippen molar-refractivity contribution in [1.82, 2.24) is 5.32 Å². The first kappa shape index (κ1) is 22.8. The van der Waals surface area contributed by atoms with Crippen molar-refractivity contribution in [2.24, 2.45) is 5.92 Å². The summed E-state index contributed by atoms with van der Waals surface area (Å²) >= 11 is 0. The molecule has 0 heterocycles. The molecule has 29 heavy (non-hydrogen) atoms. The molecule has 154 valence electrons. The van der Waals surface area contributed by atoms with Crippen molar-refractivity contribution in [2.75, 3.05) is 0 Å². The van der Waals surface area contributed by atoms with Gasteiger partial charge in [-0.05, 0) is 78.6 Å². The van der Waals surface area contributed by atoms with E-state index in [4.69, 9.17) is 5.41 Å². The van der Waals surface area contributed by atoms with Gasteiger partial charge in [-0.15, -0.1) is 5.92 Å². The van der Waals surface area contributed by atoms with Crippen LogP contribution in [0.3, 0.4) is 0 Å². The fourth-order valence-electron chi connectivity index (χ4n) is 3.58. The lowest BCUT2D eigenvalue weighted by Crippen LogP contribution is -2.31. The number of aryl methyl sites for hydroxylation is 1. The minimum absolute atomic E-state index is 0.148. The number of nitrogens with one attached hydrogen (secondary N) is 2. The Balaban J connectivity index is 2.59. The van der Waals surface area contributed by atoms with E-state index in [2.05, 4.69) is 95.1 Å². The van der Waals surface area contributed by atoms with E-state index in [1.807, 2.05) is 6.92 Å². The fraction of sp³-hybridized carbons (Fsp3) is 0.444. The van der Waals surface area contributed by atoms with E-state index >= 15 is 0 Å². The molecule has 0 aromatic heterocycles. The van der Waals surface area contributed by atoms with Gasteiger partial charge in [-0.3, -0.25) is 5.41 Å². The summed E-state index contributed by atoms with van der Waals surface area (Å²) in [7, 11) is 0. The van der Waals surface area contributed by atoms with Crippen LogP contribution in [0.1, 0.15) is 88.6 Å². The molecular weight excluding hydrogens is 352 g/mol. The van der Waals surface area contributed by atoms with Gasteiger partial charge in [0.15, 0.2) is 0 Å². The normalized spacial score (nSPS) is 12.8. The Kier molecular flexibility index (Phi) is 8.09. The Morgan fingerprint density at radius 2 is 1.72 bits per heavy atom. The van der Waals surface area contributed by atoms with Crippen molar-refractivity contribution in [3.8, 4) is 23.0 Å². The summed E-state index contributed by atoms with van der Waals surface area (Å²) in [5.74, 6) is 7.54. The monoisotopic (exact) mass is 388 g/mol. The van der Waals surface area contributed by atoms with E-state index in [1.165, 1.54) is 27.8 Å². The molecule has 0 saturated heterocycles. The van der Waals surface area contributed by atoms with Gasteiger partial charge in [-0.25, -0.2) is 0 Å². The zero-order chi connectivity index (χ0) is 21.6. The van der Waals surface area contributed by atoms with Crippen molar-refractivity contribution in [2.45, 2.75) is 73.3 Å². The lowest BCUT2D eigenvalue weighted by molar-refractivity contribution is 0.602. The minimum atomic E-state index is 0.148. The van der Waals surface area contributed by atoms with Crippen LogP contribution in [0.15, 0.2) is 36.4 Å². The Morgan fingerprint density at radius 1 is 1.00 bits per heavy atom. The van der Waals surface area contributed by atoms with Crippen LogP contribution in [0, 0.1) is 30.1 Å². The van der Waals surface area contributed by atoms with Crippen LogP contribution < -0.4 is 5.32 Å². The van der Waals surface area contributed by atoms with E-state index in [0.717, 1.165) is 18.4 Å². The first-order chi connectivity index (χ1) is 13.8. The lowest BCUT2D eigenvalue weighted by atomic mass is 9.86. The molecule has 0 aliphatic heterocycles. The second-order valence-corrected chi connectivity index (χ2v) is 8.23. The van der Waals surface area contributed by atoms with E-state index in [0.29, 0.717) is 11.8 Å². The molecule has 0 aliphatic carbocycles. The van der Waals surface area contributed by atoms with Gasteiger partial charge in [-0.2, -0.15) is 0 Å². The second-order valence-electron chi connectivity index (χ2n) is 8.23. The highest BCUT2D eigenvalue weighted by Gasteiger charge is 2.17. The van der Waals surface area contributed by atoms with Crippen molar-refractivity contribution >= 4 is 5.84 Å². The number of hydrogen-bond acceptors (Lipinski definition) is 1. The van der Waals surface area contributed by atoms with Crippen LogP contribution >= 0.6 is 0 Å². The third-order valence-electron chi connectivity index (χ3n) is 5.74. The number of hydrogen-bond donors (Lipinski definition) is 2. The van der Waals surface area contributed by atoms with Gasteiger partial charge in [0.2, 0.25) is 0 Å². The predicted octanol–water partition coefficient (Wildman–Crippen LogP) is 7.22. The van der Waals surface area contributed by atoms with Gasteiger partial charge >= 0.3 is 0 Å². The summed E-state index contributed by atoms with van der Waals surface area (Å²) in [6, 6.07) is 13.5. The average molecular weight is 389 g/mol. The maximum Gasteiger partial charge on any atom is 0.0962 e. The van der Waals surface area contributed by atoms with Gasteiger partial charge in [0.25, 0.3) is 0 Å². The van der Waals surface area contributed by atoms with Crippen LogP contribution in [0.25, 0.3) is 11.1 Å². The molecule has 2 rings (SSSR count). The molecule has 2 aromatic carbocycles. The molecule has 0 spiro atoms. The Bertz CT molecular complexity index is 912. The first-order valence-electron chi connectivity index (χ1n) is 10.8. The van der Waals surface area contributed by atoms with Crippen LogP contribution in [0.4, 0.5) is 0 Å². The predicted molar refractivity (Wildman–Crippen MR) is 127 cm³/mol. The van der Waals surface area contributed by atoms with Crippen molar-refractivity contribution in [3.63, 3.8) is 0 Å². The van der Waals surface area contributed by atoms with Crippen molar-refractivity contribution in [3.05, 3.63) is 58.7 Å². The first-order valence-corrected chi connectivity index (χ1v) is 10.8. The summed E-state index contributed by atoms with van der Waals surface area (Å²) in [4.78, 5) is 0. The molecule has 2 nitrogen and oxygen atoms in total. The van der Waals surface area contributed by atoms with E-state index < -0.39 is 0 Å². The third kappa shape index (κ3) is 5.51. The summed E-state index contributed by atoms with van der Waals surface area (Å²) in [6.45, 7) is 14.9. The van der Waals surface area contributed by atoms with Crippen LogP contribution in [0.5, 0.6) is 0 Å². The topological polar surface area (TPSA) is 35.9 Å². The van der Waals surface area contributed by atoms with Crippen molar-refractivity contribution < 1.29 is 0 Å². The van der Waals surface area contributed by atoms with Crippen LogP contribution in [0.2, 0.25) is 0 Å². The highest BCUT2D eigenvalue weighted by Crippen LogP contribution is 2.35. The summed E-state index contributed by atoms with van der Waals surface area (Å²) in [5.41, 5.74) is 7.51. The minimum Gasteiger partial charge on any atom is -0.367 e. The number of amidine groups is 1. The quantitative estimate of drug-likeness (QED) is 0.293. The summed E-state index contributed by atoms with van der Waals surface area (Å²) in [5, 5.41) is 11.7. The maximum absolute atomic E-state index is 8.25. The second kappa shape index (κ2) is 10.3. The Hall–Kier alpha value is -2.53. The van der Waals surface area contributed by atoms with Crippen LogP contribution in [-0.2, 0) is 0 Å². The maximum atomic E-state index is 8.25. The summed E-state index contributed by atoms with van der Waals surface area (Å²) < 4.78 is 0. The highest BCUT2D eigenvalue weighted by atomic mass is 15.0. The third-order valence-corrected chi connectivity index (χ3v) is 5.74. The molecule has 0 bridgehead atoms. The average Bonchev–Trinajstić information content (AvgIpc) is 2.71.